The molecule has 25 heavy (non-hydrogen) atoms. The number of piperidine rings is 1. The molecule has 134 valence electrons. The number of nitrogens with one attached hydrogen (secondary N) is 1. The van der Waals surface area contributed by atoms with Crippen molar-refractivity contribution in [3.63, 3.8) is 0 Å². The van der Waals surface area contributed by atoms with Gasteiger partial charge in [0.25, 0.3) is 5.91 Å². The van der Waals surface area contributed by atoms with Gasteiger partial charge in [0, 0.05) is 37.2 Å². The number of amides is 2. The fourth-order valence-electron chi connectivity index (χ4n) is 4.04. The molecule has 2 saturated heterocycles. The molecule has 5 heteroatoms. The van der Waals surface area contributed by atoms with Crippen molar-refractivity contribution in [2.75, 3.05) is 19.7 Å². The molecule has 1 atom stereocenters. The second kappa shape index (κ2) is 6.79. The summed E-state index contributed by atoms with van der Waals surface area (Å²) in [5.74, 6) is 0.577. The molecule has 2 amide bonds. The van der Waals surface area contributed by atoms with Gasteiger partial charge in [-0.05, 0) is 50.7 Å². The smallest absolute Gasteiger partial charge is 0.253 e. The van der Waals surface area contributed by atoms with E-state index in [9.17, 15) is 9.59 Å². The SMILES string of the molecule is O=C(NC1CCOC2(CCN(C(=O)c3ccccc3)CC2)C1)C1CC1. The van der Waals surface area contributed by atoms with Crippen LogP contribution < -0.4 is 5.32 Å². The van der Waals surface area contributed by atoms with Crippen molar-refractivity contribution in [1.29, 1.82) is 0 Å². The number of hydrogen-bond donors (Lipinski definition) is 1. The third-order valence-electron chi connectivity index (χ3n) is 5.77. The highest BCUT2D eigenvalue weighted by atomic mass is 16.5. The number of likely N-dealkylation sites (tertiary alicyclic amines) is 1. The second-order valence-electron chi connectivity index (χ2n) is 7.66. The first-order chi connectivity index (χ1) is 12.2. The second-order valence-corrected chi connectivity index (χ2v) is 7.66. The molecule has 1 saturated carbocycles. The van der Waals surface area contributed by atoms with Gasteiger partial charge in [0.05, 0.1) is 5.60 Å². The van der Waals surface area contributed by atoms with Crippen molar-refractivity contribution in [3.05, 3.63) is 35.9 Å². The molecule has 0 aromatic heterocycles. The lowest BCUT2D eigenvalue weighted by molar-refractivity contribution is -0.131. The van der Waals surface area contributed by atoms with Crippen LogP contribution in [-0.2, 0) is 9.53 Å². The molecule has 1 N–H and O–H groups in total. The summed E-state index contributed by atoms with van der Waals surface area (Å²) in [5, 5.41) is 3.21. The Kier molecular flexibility index (Phi) is 4.50. The fraction of sp³-hybridized carbons (Fsp3) is 0.600. The lowest BCUT2D eigenvalue weighted by Gasteiger charge is -2.46. The molecule has 1 spiro atoms. The summed E-state index contributed by atoms with van der Waals surface area (Å²) < 4.78 is 6.14. The van der Waals surface area contributed by atoms with Crippen molar-refractivity contribution >= 4 is 11.8 Å². The minimum Gasteiger partial charge on any atom is -0.375 e. The first-order valence-corrected chi connectivity index (χ1v) is 9.44. The number of ether oxygens (including phenoxy) is 1. The van der Waals surface area contributed by atoms with Crippen LogP contribution in [-0.4, -0.2) is 48.1 Å². The van der Waals surface area contributed by atoms with E-state index in [1.165, 1.54) is 0 Å². The standard InChI is InChI=1S/C20H26N2O3/c23-18(15-6-7-15)21-17-8-13-25-20(14-17)9-11-22(12-10-20)19(24)16-4-2-1-3-5-16/h1-5,15,17H,6-14H2,(H,21,23). The van der Waals surface area contributed by atoms with E-state index in [2.05, 4.69) is 5.32 Å². The van der Waals surface area contributed by atoms with Crippen LogP contribution in [0.25, 0.3) is 0 Å². The van der Waals surface area contributed by atoms with Crippen molar-refractivity contribution in [3.8, 4) is 0 Å². The van der Waals surface area contributed by atoms with Crippen LogP contribution in [0.5, 0.6) is 0 Å². The Bertz CT molecular complexity index is 634. The third kappa shape index (κ3) is 3.71. The number of rotatable bonds is 3. The molecule has 1 aromatic carbocycles. The molecule has 2 aliphatic heterocycles. The topological polar surface area (TPSA) is 58.6 Å². The quantitative estimate of drug-likeness (QED) is 0.917. The van der Waals surface area contributed by atoms with Gasteiger partial charge in [0.2, 0.25) is 5.91 Å². The number of nitrogens with zero attached hydrogens (tertiary/aromatic N) is 1. The van der Waals surface area contributed by atoms with E-state index >= 15 is 0 Å². The Labute approximate surface area is 148 Å². The minimum atomic E-state index is -0.173. The highest BCUT2D eigenvalue weighted by molar-refractivity contribution is 5.94. The van der Waals surface area contributed by atoms with Gasteiger partial charge in [0.15, 0.2) is 0 Å². The van der Waals surface area contributed by atoms with Crippen LogP contribution in [0.4, 0.5) is 0 Å². The van der Waals surface area contributed by atoms with Gasteiger partial charge in [-0.25, -0.2) is 0 Å². The Morgan fingerprint density at radius 1 is 1.08 bits per heavy atom. The first kappa shape index (κ1) is 16.6. The highest BCUT2D eigenvalue weighted by Gasteiger charge is 2.42. The van der Waals surface area contributed by atoms with Gasteiger partial charge < -0.3 is 15.0 Å². The maximum atomic E-state index is 12.6. The summed E-state index contributed by atoms with van der Waals surface area (Å²) in [6.45, 7) is 2.14. The first-order valence-electron chi connectivity index (χ1n) is 9.44. The molecule has 5 nitrogen and oxygen atoms in total. The average Bonchev–Trinajstić information content (AvgIpc) is 3.48. The summed E-state index contributed by atoms with van der Waals surface area (Å²) >= 11 is 0. The Balaban J connectivity index is 1.33. The summed E-state index contributed by atoms with van der Waals surface area (Å²) in [6, 6.07) is 9.68. The molecule has 0 radical (unpaired) electrons. The highest BCUT2D eigenvalue weighted by Crippen LogP contribution is 2.36. The van der Waals surface area contributed by atoms with Crippen LogP contribution in [0.2, 0.25) is 0 Å². The van der Waals surface area contributed by atoms with E-state index in [4.69, 9.17) is 4.74 Å². The molecule has 3 fully saturated rings. The molecule has 1 aromatic rings. The van der Waals surface area contributed by atoms with E-state index in [1.807, 2.05) is 35.2 Å². The lowest BCUT2D eigenvalue weighted by Crippen LogP contribution is -2.54. The summed E-state index contributed by atoms with van der Waals surface area (Å²) in [5.41, 5.74) is 0.574. The van der Waals surface area contributed by atoms with Gasteiger partial charge in [-0.15, -0.1) is 0 Å². The van der Waals surface area contributed by atoms with E-state index in [0.29, 0.717) is 6.61 Å². The summed E-state index contributed by atoms with van der Waals surface area (Å²) in [7, 11) is 0. The summed E-state index contributed by atoms with van der Waals surface area (Å²) in [6.07, 6.45) is 5.54. The zero-order chi connectivity index (χ0) is 17.3. The van der Waals surface area contributed by atoms with Gasteiger partial charge in [-0.3, -0.25) is 9.59 Å². The maximum absolute atomic E-state index is 12.6. The molecule has 1 aliphatic carbocycles. The molecule has 4 rings (SSSR count). The average molecular weight is 342 g/mol. The van der Waals surface area contributed by atoms with Crippen molar-refractivity contribution in [2.45, 2.75) is 50.2 Å². The van der Waals surface area contributed by atoms with Crippen LogP contribution in [0, 0.1) is 5.92 Å². The van der Waals surface area contributed by atoms with Crippen LogP contribution in [0.1, 0.15) is 48.9 Å². The molecule has 0 bridgehead atoms. The van der Waals surface area contributed by atoms with E-state index in [0.717, 1.165) is 57.2 Å². The molecule has 2 heterocycles. The molecule has 1 unspecified atom stereocenters. The monoisotopic (exact) mass is 342 g/mol. The van der Waals surface area contributed by atoms with E-state index in [-0.39, 0.29) is 29.4 Å². The maximum Gasteiger partial charge on any atom is 0.253 e. The van der Waals surface area contributed by atoms with E-state index < -0.39 is 0 Å². The number of carbonyl (C=O) groups excluding carboxylic acids is 2. The van der Waals surface area contributed by atoms with Gasteiger partial charge in [-0.2, -0.15) is 0 Å². The van der Waals surface area contributed by atoms with Gasteiger partial charge in [-0.1, -0.05) is 18.2 Å². The Morgan fingerprint density at radius 3 is 2.48 bits per heavy atom. The normalized spacial score (nSPS) is 25.6. The van der Waals surface area contributed by atoms with Crippen molar-refractivity contribution in [1.82, 2.24) is 10.2 Å². The summed E-state index contributed by atoms with van der Waals surface area (Å²) in [4.78, 5) is 26.6. The Morgan fingerprint density at radius 2 is 1.80 bits per heavy atom. The van der Waals surface area contributed by atoms with Gasteiger partial charge in [0.1, 0.15) is 0 Å². The van der Waals surface area contributed by atoms with Crippen LogP contribution in [0.3, 0.4) is 0 Å². The van der Waals surface area contributed by atoms with Crippen LogP contribution in [0.15, 0.2) is 30.3 Å². The van der Waals surface area contributed by atoms with Crippen molar-refractivity contribution in [2.24, 2.45) is 5.92 Å². The minimum absolute atomic E-state index is 0.102. The number of hydrogen-bond acceptors (Lipinski definition) is 3. The Hall–Kier alpha value is -1.88. The van der Waals surface area contributed by atoms with Crippen LogP contribution >= 0.6 is 0 Å². The number of carbonyl (C=O) groups is 2. The van der Waals surface area contributed by atoms with E-state index in [1.54, 1.807) is 0 Å². The molecular formula is C20H26N2O3. The van der Waals surface area contributed by atoms with Gasteiger partial charge >= 0.3 is 0 Å². The third-order valence-corrected chi connectivity index (χ3v) is 5.77. The fourth-order valence-corrected chi connectivity index (χ4v) is 4.04. The predicted molar refractivity (Wildman–Crippen MR) is 94.2 cm³/mol. The zero-order valence-corrected chi connectivity index (χ0v) is 14.6. The van der Waals surface area contributed by atoms with Crippen molar-refractivity contribution < 1.29 is 14.3 Å². The lowest BCUT2D eigenvalue weighted by atomic mass is 9.82. The largest absolute Gasteiger partial charge is 0.375 e. The predicted octanol–water partition coefficient (Wildman–Crippen LogP) is 2.37. The zero-order valence-electron chi connectivity index (χ0n) is 14.6. The molecular weight excluding hydrogens is 316 g/mol. The number of benzene rings is 1. The molecule has 3 aliphatic rings.